The molecule has 1 aliphatic heterocycles. The van der Waals surface area contributed by atoms with Crippen molar-refractivity contribution in [2.75, 3.05) is 25.4 Å². The highest BCUT2D eigenvalue weighted by Crippen LogP contribution is 2.36. The summed E-state index contributed by atoms with van der Waals surface area (Å²) in [6.45, 7) is 3.58. The predicted octanol–water partition coefficient (Wildman–Crippen LogP) is 4.83. The molecule has 2 nitrogen and oxygen atoms in total. The fourth-order valence-electron chi connectivity index (χ4n) is 4.39. The van der Waals surface area contributed by atoms with Gasteiger partial charge in [0.2, 0.25) is 0 Å². The summed E-state index contributed by atoms with van der Waals surface area (Å²) < 4.78 is 0. The topological polar surface area (TPSA) is 29.3 Å². The van der Waals surface area contributed by atoms with Gasteiger partial charge >= 0.3 is 0 Å². The third-order valence-electron chi connectivity index (χ3n) is 5.78. The van der Waals surface area contributed by atoms with Gasteiger partial charge in [-0.25, -0.2) is 0 Å². The third-order valence-corrected chi connectivity index (χ3v) is 6.03. The molecule has 0 spiro atoms. The number of fused-ring (bicyclic) bond motifs is 1. The van der Waals surface area contributed by atoms with Crippen molar-refractivity contribution in [2.24, 2.45) is 0 Å². The first-order valence-electron chi connectivity index (χ1n) is 9.05. The van der Waals surface area contributed by atoms with Crippen molar-refractivity contribution < 1.29 is 0 Å². The van der Waals surface area contributed by atoms with E-state index in [4.69, 9.17) is 17.3 Å². The molecule has 1 saturated heterocycles. The van der Waals surface area contributed by atoms with Gasteiger partial charge in [-0.3, -0.25) is 0 Å². The van der Waals surface area contributed by atoms with Crippen LogP contribution in [0, 0.1) is 0 Å². The summed E-state index contributed by atoms with van der Waals surface area (Å²) in [4.78, 5) is 2.65. The van der Waals surface area contributed by atoms with Gasteiger partial charge in [0.25, 0.3) is 0 Å². The molecule has 1 fully saturated rings. The zero-order valence-corrected chi connectivity index (χ0v) is 14.8. The largest absolute Gasteiger partial charge is 0.399 e. The molecule has 0 radical (unpaired) electrons. The maximum atomic E-state index is 6.00. The van der Waals surface area contributed by atoms with E-state index in [2.05, 4.69) is 29.2 Å². The van der Waals surface area contributed by atoms with Crippen LogP contribution in [0.3, 0.4) is 0 Å². The lowest BCUT2D eigenvalue weighted by molar-refractivity contribution is 0.200. The molecule has 2 aromatic carbocycles. The molecule has 24 heavy (non-hydrogen) atoms. The average molecular weight is 341 g/mol. The Bertz CT molecular complexity index is 702. The molecule has 2 aliphatic rings. The summed E-state index contributed by atoms with van der Waals surface area (Å²) in [5.74, 6) is 1.35. The minimum Gasteiger partial charge on any atom is -0.399 e. The number of piperidine rings is 1. The van der Waals surface area contributed by atoms with E-state index in [0.717, 1.165) is 10.7 Å². The second-order valence-electron chi connectivity index (χ2n) is 7.32. The molecule has 0 aromatic heterocycles. The van der Waals surface area contributed by atoms with Crippen LogP contribution in [0.5, 0.6) is 0 Å². The number of nitrogens with zero attached hydrogens (tertiary/aromatic N) is 1. The molecule has 0 amide bonds. The molecule has 2 N–H and O–H groups in total. The van der Waals surface area contributed by atoms with Crippen LogP contribution in [0.4, 0.5) is 5.69 Å². The first-order chi connectivity index (χ1) is 11.7. The van der Waals surface area contributed by atoms with Gasteiger partial charge in [-0.1, -0.05) is 29.8 Å². The van der Waals surface area contributed by atoms with E-state index in [1.165, 1.54) is 62.0 Å². The highest BCUT2D eigenvalue weighted by molar-refractivity contribution is 6.30. The Morgan fingerprint density at radius 2 is 1.75 bits per heavy atom. The number of likely N-dealkylation sites (tertiary alicyclic amines) is 1. The minimum absolute atomic E-state index is 0.663. The van der Waals surface area contributed by atoms with Gasteiger partial charge in [-0.2, -0.15) is 0 Å². The van der Waals surface area contributed by atoms with Crippen LogP contribution in [0.15, 0.2) is 42.5 Å². The smallest absolute Gasteiger partial charge is 0.0406 e. The zero-order valence-electron chi connectivity index (χ0n) is 14.0. The number of anilines is 1. The third kappa shape index (κ3) is 3.31. The number of hydrogen-bond donors (Lipinski definition) is 1. The van der Waals surface area contributed by atoms with Crippen LogP contribution in [0.1, 0.15) is 47.8 Å². The number of aryl methyl sites for hydroxylation is 1. The van der Waals surface area contributed by atoms with Crippen molar-refractivity contribution in [3.05, 3.63) is 64.2 Å². The Labute approximate surface area is 149 Å². The molecule has 126 valence electrons. The predicted molar refractivity (Wildman–Crippen MR) is 102 cm³/mol. The fraction of sp³-hybridized carbons (Fsp3) is 0.429. The van der Waals surface area contributed by atoms with Crippen molar-refractivity contribution >= 4 is 17.3 Å². The molecule has 0 bridgehead atoms. The Balaban J connectivity index is 1.36. The maximum Gasteiger partial charge on any atom is 0.0406 e. The Morgan fingerprint density at radius 3 is 2.50 bits per heavy atom. The van der Waals surface area contributed by atoms with E-state index in [1.54, 1.807) is 0 Å². The van der Waals surface area contributed by atoms with Gasteiger partial charge in [0.1, 0.15) is 0 Å². The van der Waals surface area contributed by atoms with Crippen molar-refractivity contribution in [2.45, 2.75) is 37.5 Å². The van der Waals surface area contributed by atoms with Crippen LogP contribution in [0.25, 0.3) is 0 Å². The molecular weight excluding hydrogens is 316 g/mol. The van der Waals surface area contributed by atoms with Gasteiger partial charge < -0.3 is 10.6 Å². The fourth-order valence-corrected chi connectivity index (χ4v) is 4.52. The van der Waals surface area contributed by atoms with E-state index in [9.17, 15) is 0 Å². The SMILES string of the molecule is Nc1ccc2c(c1)C(CN1CCC(c3ccc(Cl)cc3)CC1)CC2. The number of nitrogens with two attached hydrogens (primary N) is 1. The number of hydrogen-bond acceptors (Lipinski definition) is 2. The lowest BCUT2D eigenvalue weighted by Gasteiger charge is -2.34. The molecular formula is C21H25ClN2. The lowest BCUT2D eigenvalue weighted by atomic mass is 9.89. The van der Waals surface area contributed by atoms with Crippen molar-refractivity contribution in [3.8, 4) is 0 Å². The van der Waals surface area contributed by atoms with Gasteiger partial charge in [-0.15, -0.1) is 0 Å². The van der Waals surface area contributed by atoms with E-state index < -0.39 is 0 Å². The second kappa shape index (κ2) is 6.78. The summed E-state index contributed by atoms with van der Waals surface area (Å²) in [5, 5.41) is 0.829. The van der Waals surface area contributed by atoms with Gasteiger partial charge in [0, 0.05) is 17.3 Å². The lowest BCUT2D eigenvalue weighted by Crippen LogP contribution is -2.35. The van der Waals surface area contributed by atoms with Crippen molar-refractivity contribution in [1.29, 1.82) is 0 Å². The molecule has 1 heterocycles. The number of halogens is 1. The highest BCUT2D eigenvalue weighted by atomic mass is 35.5. The van der Waals surface area contributed by atoms with Crippen LogP contribution in [0.2, 0.25) is 5.02 Å². The maximum absolute atomic E-state index is 6.00. The van der Waals surface area contributed by atoms with Gasteiger partial charge in [0.15, 0.2) is 0 Å². The van der Waals surface area contributed by atoms with Crippen LogP contribution < -0.4 is 5.73 Å². The highest BCUT2D eigenvalue weighted by Gasteiger charge is 2.27. The van der Waals surface area contributed by atoms with Crippen molar-refractivity contribution in [1.82, 2.24) is 4.90 Å². The molecule has 1 aliphatic carbocycles. The van der Waals surface area contributed by atoms with E-state index >= 15 is 0 Å². The summed E-state index contributed by atoms with van der Waals surface area (Å²) in [7, 11) is 0. The number of benzene rings is 2. The molecule has 3 heteroatoms. The minimum atomic E-state index is 0.663. The summed E-state index contributed by atoms with van der Waals surface area (Å²) in [5.41, 5.74) is 11.3. The second-order valence-corrected chi connectivity index (χ2v) is 7.76. The molecule has 4 rings (SSSR count). The quantitative estimate of drug-likeness (QED) is 0.811. The normalized spacial score (nSPS) is 21.8. The van der Waals surface area contributed by atoms with E-state index in [-0.39, 0.29) is 0 Å². The van der Waals surface area contributed by atoms with Crippen LogP contribution in [-0.2, 0) is 6.42 Å². The van der Waals surface area contributed by atoms with Crippen LogP contribution >= 0.6 is 11.6 Å². The number of rotatable bonds is 3. The Morgan fingerprint density at radius 1 is 1.00 bits per heavy atom. The summed E-state index contributed by atoms with van der Waals surface area (Å²) in [6.07, 6.45) is 4.98. The molecule has 1 unspecified atom stereocenters. The summed E-state index contributed by atoms with van der Waals surface area (Å²) >= 11 is 6.00. The molecule has 1 atom stereocenters. The van der Waals surface area contributed by atoms with Gasteiger partial charge in [0.05, 0.1) is 0 Å². The van der Waals surface area contributed by atoms with E-state index in [0.29, 0.717) is 11.8 Å². The molecule has 2 aromatic rings. The standard InChI is InChI=1S/C21H25ClN2/c22-19-6-3-15(4-7-19)16-9-11-24(12-10-16)14-18-2-1-17-5-8-20(23)13-21(17)18/h3-8,13,16,18H,1-2,9-12,14,23H2. The first kappa shape index (κ1) is 16.0. The van der Waals surface area contributed by atoms with Crippen molar-refractivity contribution in [3.63, 3.8) is 0 Å². The summed E-state index contributed by atoms with van der Waals surface area (Å²) in [6, 6.07) is 14.9. The monoisotopic (exact) mass is 340 g/mol. The van der Waals surface area contributed by atoms with Crippen LogP contribution in [-0.4, -0.2) is 24.5 Å². The zero-order chi connectivity index (χ0) is 16.5. The Hall–Kier alpha value is -1.51. The number of nitrogen functional groups attached to an aromatic ring is 1. The Kier molecular flexibility index (Phi) is 4.51. The van der Waals surface area contributed by atoms with Gasteiger partial charge in [-0.05, 0) is 91.6 Å². The first-order valence-corrected chi connectivity index (χ1v) is 9.43. The average Bonchev–Trinajstić information content (AvgIpc) is 2.98. The van der Waals surface area contributed by atoms with E-state index in [1.807, 2.05) is 18.2 Å². The molecule has 0 saturated carbocycles.